The molecule has 7 heteroatoms. The number of ether oxygens (including phenoxy) is 1. The number of hydrogen-bond acceptors (Lipinski definition) is 4. The Bertz CT molecular complexity index is 631. The molecule has 1 fully saturated rings. The minimum absolute atomic E-state index is 0.0398. The summed E-state index contributed by atoms with van der Waals surface area (Å²) in [6.07, 6.45) is -0.224. The van der Waals surface area contributed by atoms with Gasteiger partial charge in [-0.1, -0.05) is 6.07 Å². The first kappa shape index (κ1) is 16.4. The van der Waals surface area contributed by atoms with Crippen molar-refractivity contribution < 1.29 is 17.5 Å². The van der Waals surface area contributed by atoms with Crippen LogP contribution < -0.4 is 5.73 Å². The molecule has 0 saturated carbocycles. The van der Waals surface area contributed by atoms with Crippen LogP contribution in [-0.4, -0.2) is 37.5 Å². The fraction of sp³-hybridized carbons (Fsp3) is 0.571. The third kappa shape index (κ3) is 3.42. The summed E-state index contributed by atoms with van der Waals surface area (Å²) in [5.41, 5.74) is 5.41. The van der Waals surface area contributed by atoms with Crippen molar-refractivity contribution in [3.63, 3.8) is 0 Å². The number of sulfonamides is 1. The highest BCUT2D eigenvalue weighted by molar-refractivity contribution is 7.89. The Balaban J connectivity index is 2.45. The Kier molecular flexibility index (Phi) is 4.39. The maximum absolute atomic E-state index is 13.5. The summed E-state index contributed by atoms with van der Waals surface area (Å²) in [5, 5.41) is 0. The van der Waals surface area contributed by atoms with Gasteiger partial charge in [0.2, 0.25) is 10.0 Å². The molecule has 0 radical (unpaired) electrons. The van der Waals surface area contributed by atoms with Crippen molar-refractivity contribution in [2.45, 2.75) is 43.9 Å². The Hall–Kier alpha value is -1.02. The molecular formula is C14H21FN2O3S. The van der Waals surface area contributed by atoms with Crippen molar-refractivity contribution in [3.05, 3.63) is 29.6 Å². The molecule has 2 rings (SSSR count). The first-order chi connectivity index (χ1) is 9.65. The molecule has 0 amide bonds. The summed E-state index contributed by atoms with van der Waals surface area (Å²) in [7, 11) is -3.80. The number of hydrogen-bond donors (Lipinski definition) is 1. The molecule has 0 aromatic heterocycles. The van der Waals surface area contributed by atoms with Crippen LogP contribution in [0.3, 0.4) is 0 Å². The minimum Gasteiger partial charge on any atom is -0.370 e. The van der Waals surface area contributed by atoms with Crippen LogP contribution in [0.1, 0.15) is 26.3 Å². The predicted octanol–water partition coefficient (Wildman–Crippen LogP) is 1.47. The van der Waals surface area contributed by atoms with Gasteiger partial charge in [-0.05, 0) is 38.5 Å². The van der Waals surface area contributed by atoms with Gasteiger partial charge in [-0.3, -0.25) is 0 Å². The summed E-state index contributed by atoms with van der Waals surface area (Å²) in [6.45, 7) is 5.99. The zero-order chi connectivity index (χ0) is 15.8. The van der Waals surface area contributed by atoms with Gasteiger partial charge < -0.3 is 10.5 Å². The van der Waals surface area contributed by atoms with E-state index in [0.29, 0.717) is 5.56 Å². The number of morpholine rings is 1. The van der Waals surface area contributed by atoms with E-state index in [1.54, 1.807) is 0 Å². The van der Waals surface area contributed by atoms with Crippen LogP contribution in [0.5, 0.6) is 0 Å². The predicted molar refractivity (Wildman–Crippen MR) is 77.7 cm³/mol. The molecule has 118 valence electrons. The number of rotatable bonds is 3. The molecule has 1 aromatic carbocycles. The molecule has 1 aliphatic heterocycles. The first-order valence-electron chi connectivity index (χ1n) is 6.82. The van der Waals surface area contributed by atoms with Gasteiger partial charge in [-0.2, -0.15) is 4.31 Å². The second-order valence-corrected chi connectivity index (χ2v) is 7.85. The van der Waals surface area contributed by atoms with Crippen LogP contribution in [-0.2, 0) is 21.3 Å². The molecule has 1 aliphatic rings. The average Bonchev–Trinajstić information content (AvgIpc) is 2.36. The van der Waals surface area contributed by atoms with Crippen molar-refractivity contribution in [1.29, 1.82) is 0 Å². The molecule has 1 saturated heterocycles. The number of halogens is 1. The second-order valence-electron chi connectivity index (χ2n) is 5.94. The van der Waals surface area contributed by atoms with Gasteiger partial charge in [-0.15, -0.1) is 0 Å². The maximum atomic E-state index is 13.5. The van der Waals surface area contributed by atoms with Gasteiger partial charge in [0, 0.05) is 19.6 Å². The molecule has 1 heterocycles. The minimum atomic E-state index is -3.80. The monoisotopic (exact) mass is 316 g/mol. The topological polar surface area (TPSA) is 72.6 Å². The van der Waals surface area contributed by atoms with E-state index in [1.807, 2.05) is 20.8 Å². The van der Waals surface area contributed by atoms with E-state index in [9.17, 15) is 12.8 Å². The Labute approximate surface area is 124 Å². The number of nitrogens with two attached hydrogens (primary N) is 1. The third-order valence-electron chi connectivity index (χ3n) is 3.41. The number of nitrogens with zero attached hydrogens (tertiary/aromatic N) is 1. The lowest BCUT2D eigenvalue weighted by molar-refractivity contribution is -0.109. The molecule has 0 spiro atoms. The summed E-state index contributed by atoms with van der Waals surface area (Å²) in [5.74, 6) is -0.591. The summed E-state index contributed by atoms with van der Waals surface area (Å²) in [6, 6.07) is 3.66. The van der Waals surface area contributed by atoms with E-state index < -0.39 is 21.4 Å². The van der Waals surface area contributed by atoms with E-state index in [2.05, 4.69) is 0 Å². The van der Waals surface area contributed by atoms with Gasteiger partial charge >= 0.3 is 0 Å². The summed E-state index contributed by atoms with van der Waals surface area (Å²) in [4.78, 5) is -0.0603. The number of benzene rings is 1. The smallest absolute Gasteiger partial charge is 0.243 e. The fourth-order valence-electron chi connectivity index (χ4n) is 2.65. The van der Waals surface area contributed by atoms with Gasteiger partial charge in [0.25, 0.3) is 0 Å². The first-order valence-corrected chi connectivity index (χ1v) is 8.26. The van der Waals surface area contributed by atoms with Crippen molar-refractivity contribution in [2.75, 3.05) is 13.1 Å². The van der Waals surface area contributed by atoms with Crippen molar-refractivity contribution in [1.82, 2.24) is 4.31 Å². The van der Waals surface area contributed by atoms with Crippen LogP contribution in [0.25, 0.3) is 0 Å². The van der Waals surface area contributed by atoms with Crippen LogP contribution in [0.15, 0.2) is 23.1 Å². The Morgan fingerprint density at radius 3 is 2.71 bits per heavy atom. The molecule has 1 atom stereocenters. The van der Waals surface area contributed by atoms with Gasteiger partial charge in [0.05, 0.1) is 16.6 Å². The van der Waals surface area contributed by atoms with Gasteiger partial charge in [0.1, 0.15) is 5.82 Å². The average molecular weight is 316 g/mol. The zero-order valence-corrected chi connectivity index (χ0v) is 13.3. The highest BCUT2D eigenvalue weighted by Gasteiger charge is 2.38. The standard InChI is InChI=1S/C14H21FN2O3S/c1-10-8-17(9-14(2,3)20-10)21(18,19)13-6-12(15)5-4-11(13)7-16/h4-6,10H,7-9,16H2,1-3H3. The van der Waals surface area contributed by atoms with Crippen LogP contribution >= 0.6 is 0 Å². The Morgan fingerprint density at radius 1 is 1.48 bits per heavy atom. The van der Waals surface area contributed by atoms with E-state index in [-0.39, 0.29) is 30.6 Å². The van der Waals surface area contributed by atoms with Gasteiger partial charge in [0.15, 0.2) is 0 Å². The third-order valence-corrected chi connectivity index (χ3v) is 5.30. The van der Waals surface area contributed by atoms with Crippen LogP contribution in [0, 0.1) is 5.82 Å². The lowest BCUT2D eigenvalue weighted by Crippen LogP contribution is -2.53. The van der Waals surface area contributed by atoms with Crippen molar-refractivity contribution in [3.8, 4) is 0 Å². The quantitative estimate of drug-likeness (QED) is 0.916. The highest BCUT2D eigenvalue weighted by atomic mass is 32.2. The molecule has 0 aliphatic carbocycles. The maximum Gasteiger partial charge on any atom is 0.243 e. The zero-order valence-electron chi connectivity index (χ0n) is 12.5. The molecule has 1 unspecified atom stereocenters. The van der Waals surface area contributed by atoms with Crippen LogP contribution in [0.4, 0.5) is 4.39 Å². The molecule has 21 heavy (non-hydrogen) atoms. The molecular weight excluding hydrogens is 295 g/mol. The lowest BCUT2D eigenvalue weighted by Gasteiger charge is -2.41. The van der Waals surface area contributed by atoms with Crippen molar-refractivity contribution in [2.24, 2.45) is 5.73 Å². The van der Waals surface area contributed by atoms with E-state index in [1.165, 1.54) is 16.4 Å². The lowest BCUT2D eigenvalue weighted by atomic mass is 10.1. The largest absolute Gasteiger partial charge is 0.370 e. The summed E-state index contributed by atoms with van der Waals surface area (Å²) >= 11 is 0. The summed E-state index contributed by atoms with van der Waals surface area (Å²) < 4.78 is 46.1. The molecule has 1 aromatic rings. The highest BCUT2D eigenvalue weighted by Crippen LogP contribution is 2.28. The SMILES string of the molecule is CC1CN(S(=O)(=O)c2cc(F)ccc2CN)CC(C)(C)O1. The molecule has 2 N–H and O–H groups in total. The molecule has 5 nitrogen and oxygen atoms in total. The molecule has 0 bridgehead atoms. The van der Waals surface area contributed by atoms with Crippen LogP contribution in [0.2, 0.25) is 0 Å². The van der Waals surface area contributed by atoms with Crippen molar-refractivity contribution >= 4 is 10.0 Å². The fourth-order valence-corrected chi connectivity index (χ4v) is 4.56. The van der Waals surface area contributed by atoms with Gasteiger partial charge in [-0.25, -0.2) is 12.8 Å². The van der Waals surface area contributed by atoms with E-state index in [0.717, 1.165) is 6.07 Å². The second kappa shape index (κ2) is 5.64. The van der Waals surface area contributed by atoms with E-state index >= 15 is 0 Å². The normalized spacial score (nSPS) is 23.2. The van der Waals surface area contributed by atoms with E-state index in [4.69, 9.17) is 10.5 Å². The Morgan fingerprint density at radius 2 is 2.14 bits per heavy atom.